The van der Waals surface area contributed by atoms with Gasteiger partial charge in [0, 0.05) is 43.3 Å². The van der Waals surface area contributed by atoms with Crippen molar-refractivity contribution < 1.29 is 22.4 Å². The Morgan fingerprint density at radius 1 is 1.12 bits per heavy atom. The number of hydrogen-bond donors (Lipinski definition) is 1. The standard InChI is InChI=1S/C23H22ClF3N4O2/c1-15-20(28-21(33-15)16-5-4-6-17(24)13-16)14-30-9-11-31(12-10-30)22(32)29-19-8-3-2-7-18(19)23(25,26)27/h2-8,13H,9-12,14H2,1H3,(H,29,32). The van der Waals surface area contributed by atoms with Crippen LogP contribution in [0.25, 0.3) is 11.5 Å². The van der Waals surface area contributed by atoms with E-state index < -0.39 is 17.8 Å². The second kappa shape index (κ2) is 9.44. The number of halogens is 4. The maximum atomic E-state index is 13.2. The van der Waals surface area contributed by atoms with E-state index in [9.17, 15) is 18.0 Å². The number of nitrogens with zero attached hydrogens (tertiary/aromatic N) is 3. The van der Waals surface area contributed by atoms with E-state index in [1.54, 1.807) is 12.1 Å². The molecule has 2 heterocycles. The maximum Gasteiger partial charge on any atom is 0.418 e. The van der Waals surface area contributed by atoms with Crippen molar-refractivity contribution in [2.24, 2.45) is 0 Å². The van der Waals surface area contributed by atoms with Gasteiger partial charge in [-0.25, -0.2) is 9.78 Å². The largest absolute Gasteiger partial charge is 0.441 e. The molecule has 0 spiro atoms. The topological polar surface area (TPSA) is 61.6 Å². The van der Waals surface area contributed by atoms with Gasteiger partial charge in [-0.2, -0.15) is 13.2 Å². The van der Waals surface area contributed by atoms with E-state index in [2.05, 4.69) is 15.2 Å². The molecule has 1 aliphatic rings. The van der Waals surface area contributed by atoms with Crippen molar-refractivity contribution in [2.45, 2.75) is 19.6 Å². The first-order valence-corrected chi connectivity index (χ1v) is 10.8. The van der Waals surface area contributed by atoms with Gasteiger partial charge >= 0.3 is 12.2 Å². The van der Waals surface area contributed by atoms with E-state index in [1.165, 1.54) is 23.1 Å². The van der Waals surface area contributed by atoms with E-state index in [0.29, 0.717) is 49.4 Å². The predicted octanol–water partition coefficient (Wildman–Crippen LogP) is 5.67. The normalized spacial score (nSPS) is 15.0. The molecule has 0 radical (unpaired) electrons. The van der Waals surface area contributed by atoms with Gasteiger partial charge < -0.3 is 14.6 Å². The molecule has 4 rings (SSSR count). The Morgan fingerprint density at radius 3 is 2.55 bits per heavy atom. The van der Waals surface area contributed by atoms with Crippen LogP contribution >= 0.6 is 11.6 Å². The number of aromatic nitrogens is 1. The molecule has 1 saturated heterocycles. The zero-order chi connectivity index (χ0) is 23.6. The Balaban J connectivity index is 1.35. The Bertz CT molecular complexity index is 1140. The van der Waals surface area contributed by atoms with Gasteiger partial charge in [0.2, 0.25) is 5.89 Å². The summed E-state index contributed by atoms with van der Waals surface area (Å²) in [5.41, 5.74) is 0.470. The lowest BCUT2D eigenvalue weighted by Gasteiger charge is -2.34. The molecule has 0 atom stereocenters. The highest BCUT2D eigenvalue weighted by Gasteiger charge is 2.34. The Morgan fingerprint density at radius 2 is 1.85 bits per heavy atom. The molecule has 0 saturated carbocycles. The lowest BCUT2D eigenvalue weighted by Crippen LogP contribution is -2.49. The average Bonchev–Trinajstić information content (AvgIpc) is 3.14. The van der Waals surface area contributed by atoms with Crippen molar-refractivity contribution in [3.8, 4) is 11.5 Å². The molecule has 0 bridgehead atoms. The van der Waals surface area contributed by atoms with Crippen LogP contribution in [0.3, 0.4) is 0 Å². The molecule has 1 aliphatic heterocycles. The van der Waals surface area contributed by atoms with E-state index in [4.69, 9.17) is 16.0 Å². The third-order valence-electron chi connectivity index (χ3n) is 5.47. The summed E-state index contributed by atoms with van der Waals surface area (Å²) < 4.78 is 45.3. The van der Waals surface area contributed by atoms with Crippen LogP contribution in [-0.2, 0) is 12.7 Å². The average molecular weight is 479 g/mol. The molecule has 2 aromatic carbocycles. The number of para-hydroxylation sites is 1. The van der Waals surface area contributed by atoms with E-state index in [-0.39, 0.29) is 5.69 Å². The second-order valence-corrected chi connectivity index (χ2v) is 8.21. The van der Waals surface area contributed by atoms with Gasteiger partial charge in [0.25, 0.3) is 0 Å². The van der Waals surface area contributed by atoms with E-state index >= 15 is 0 Å². The number of amides is 2. The van der Waals surface area contributed by atoms with Crippen LogP contribution < -0.4 is 5.32 Å². The van der Waals surface area contributed by atoms with Gasteiger partial charge in [-0.3, -0.25) is 4.90 Å². The molecule has 1 fully saturated rings. The molecule has 6 nitrogen and oxygen atoms in total. The lowest BCUT2D eigenvalue weighted by molar-refractivity contribution is -0.136. The molecule has 174 valence electrons. The minimum Gasteiger partial charge on any atom is -0.441 e. The summed E-state index contributed by atoms with van der Waals surface area (Å²) in [5, 5.41) is 2.99. The molecule has 33 heavy (non-hydrogen) atoms. The quantitative estimate of drug-likeness (QED) is 0.524. The lowest BCUT2D eigenvalue weighted by atomic mass is 10.1. The highest BCUT2D eigenvalue weighted by atomic mass is 35.5. The third kappa shape index (κ3) is 5.48. The molecule has 1 aromatic heterocycles. The fourth-order valence-electron chi connectivity index (χ4n) is 3.67. The molecule has 3 aromatic rings. The summed E-state index contributed by atoms with van der Waals surface area (Å²) in [4.78, 5) is 20.8. The number of hydrogen-bond acceptors (Lipinski definition) is 4. The monoisotopic (exact) mass is 478 g/mol. The Hall–Kier alpha value is -3.04. The van der Waals surface area contributed by atoms with Crippen molar-refractivity contribution in [1.82, 2.24) is 14.8 Å². The van der Waals surface area contributed by atoms with Crippen LogP contribution in [0.1, 0.15) is 17.0 Å². The number of carbonyl (C=O) groups is 1. The first kappa shape index (κ1) is 23.1. The van der Waals surface area contributed by atoms with Gasteiger partial charge in [0.05, 0.1) is 16.9 Å². The minimum absolute atomic E-state index is 0.246. The molecule has 10 heteroatoms. The van der Waals surface area contributed by atoms with Gasteiger partial charge in [0.15, 0.2) is 0 Å². The van der Waals surface area contributed by atoms with E-state index in [0.717, 1.165) is 17.3 Å². The molecule has 0 aliphatic carbocycles. The number of aryl methyl sites for hydroxylation is 1. The van der Waals surface area contributed by atoms with Crippen LogP contribution in [0.15, 0.2) is 52.9 Å². The van der Waals surface area contributed by atoms with Gasteiger partial charge in [0.1, 0.15) is 5.76 Å². The smallest absolute Gasteiger partial charge is 0.418 e. The molecule has 2 amide bonds. The Kier molecular flexibility index (Phi) is 6.62. The van der Waals surface area contributed by atoms with E-state index in [1.807, 2.05) is 19.1 Å². The van der Waals surface area contributed by atoms with Crippen LogP contribution in [-0.4, -0.2) is 47.0 Å². The van der Waals surface area contributed by atoms with Crippen molar-refractivity contribution >= 4 is 23.3 Å². The second-order valence-electron chi connectivity index (χ2n) is 7.77. The van der Waals surface area contributed by atoms with Gasteiger partial charge in [-0.1, -0.05) is 29.8 Å². The summed E-state index contributed by atoms with van der Waals surface area (Å²) in [6.07, 6.45) is -4.54. The number of carbonyl (C=O) groups excluding carboxylic acids is 1. The summed E-state index contributed by atoms with van der Waals surface area (Å²) in [5.74, 6) is 1.19. The number of oxazole rings is 1. The number of alkyl halides is 3. The third-order valence-corrected chi connectivity index (χ3v) is 5.71. The summed E-state index contributed by atoms with van der Waals surface area (Å²) >= 11 is 6.05. The molecule has 0 unspecified atom stereocenters. The number of urea groups is 1. The highest BCUT2D eigenvalue weighted by molar-refractivity contribution is 6.30. The van der Waals surface area contributed by atoms with Crippen LogP contribution in [0.5, 0.6) is 0 Å². The van der Waals surface area contributed by atoms with Crippen molar-refractivity contribution in [2.75, 3.05) is 31.5 Å². The number of rotatable bonds is 4. The number of piperazine rings is 1. The molecular formula is C23H22ClF3N4O2. The Labute approximate surface area is 194 Å². The van der Waals surface area contributed by atoms with Crippen LogP contribution in [0, 0.1) is 6.92 Å². The van der Waals surface area contributed by atoms with Gasteiger partial charge in [-0.15, -0.1) is 0 Å². The van der Waals surface area contributed by atoms with Crippen molar-refractivity contribution in [3.05, 3.63) is 70.6 Å². The zero-order valence-electron chi connectivity index (χ0n) is 17.8. The maximum absolute atomic E-state index is 13.2. The molecular weight excluding hydrogens is 457 g/mol. The molecule has 1 N–H and O–H groups in total. The van der Waals surface area contributed by atoms with Gasteiger partial charge in [-0.05, 0) is 37.3 Å². The van der Waals surface area contributed by atoms with Crippen LogP contribution in [0.4, 0.5) is 23.7 Å². The number of nitrogens with one attached hydrogen (secondary N) is 1. The fourth-order valence-corrected chi connectivity index (χ4v) is 3.86. The first-order valence-electron chi connectivity index (χ1n) is 10.4. The highest BCUT2D eigenvalue weighted by Crippen LogP contribution is 2.34. The van der Waals surface area contributed by atoms with Crippen molar-refractivity contribution in [3.63, 3.8) is 0 Å². The van der Waals surface area contributed by atoms with Crippen molar-refractivity contribution in [1.29, 1.82) is 0 Å². The number of anilines is 1. The zero-order valence-corrected chi connectivity index (χ0v) is 18.6. The fraction of sp³-hybridized carbons (Fsp3) is 0.304. The van der Waals surface area contributed by atoms with Crippen LogP contribution in [0.2, 0.25) is 5.02 Å². The first-order chi connectivity index (χ1) is 15.7. The SMILES string of the molecule is Cc1oc(-c2cccc(Cl)c2)nc1CN1CCN(C(=O)Nc2ccccc2C(F)(F)F)CC1. The predicted molar refractivity (Wildman–Crippen MR) is 119 cm³/mol. The summed E-state index contributed by atoms with van der Waals surface area (Å²) in [6, 6.07) is 11.7. The minimum atomic E-state index is -4.54. The summed E-state index contributed by atoms with van der Waals surface area (Å²) in [7, 11) is 0. The number of benzene rings is 2. The summed E-state index contributed by atoms with van der Waals surface area (Å²) in [6.45, 7) is 4.29.